The van der Waals surface area contributed by atoms with E-state index in [1.807, 2.05) is 26.0 Å². The molecule has 0 heterocycles. The SMILES string of the molecule is CC(C)NC(=O)Cc1ccc(Br)c(Cl)c1. The molecule has 0 bridgehead atoms. The molecule has 1 aromatic rings. The minimum atomic E-state index is 0.0170. The van der Waals surface area contributed by atoms with Crippen LogP contribution in [0.4, 0.5) is 0 Å². The molecule has 1 N–H and O–H groups in total. The molecule has 0 saturated heterocycles. The molecule has 2 nitrogen and oxygen atoms in total. The van der Waals surface area contributed by atoms with Crippen molar-refractivity contribution in [3.63, 3.8) is 0 Å². The van der Waals surface area contributed by atoms with Gasteiger partial charge in [0, 0.05) is 10.5 Å². The molecule has 0 aliphatic rings. The van der Waals surface area contributed by atoms with E-state index in [0.717, 1.165) is 10.0 Å². The molecule has 0 fully saturated rings. The van der Waals surface area contributed by atoms with Crippen LogP contribution in [0.15, 0.2) is 22.7 Å². The fraction of sp³-hybridized carbons (Fsp3) is 0.364. The van der Waals surface area contributed by atoms with Crippen molar-refractivity contribution in [1.82, 2.24) is 5.32 Å². The Kier molecular flexibility index (Phi) is 4.61. The van der Waals surface area contributed by atoms with Crippen molar-refractivity contribution >= 4 is 33.4 Å². The summed E-state index contributed by atoms with van der Waals surface area (Å²) < 4.78 is 0.845. The molecule has 82 valence electrons. The smallest absolute Gasteiger partial charge is 0.224 e. The van der Waals surface area contributed by atoms with Crippen LogP contribution >= 0.6 is 27.5 Å². The lowest BCUT2D eigenvalue weighted by atomic mass is 10.1. The number of nitrogens with one attached hydrogen (secondary N) is 1. The molecule has 0 unspecified atom stereocenters. The lowest BCUT2D eigenvalue weighted by Crippen LogP contribution is -2.31. The van der Waals surface area contributed by atoms with Crippen molar-refractivity contribution in [2.24, 2.45) is 0 Å². The summed E-state index contributed by atoms with van der Waals surface area (Å²) in [5.74, 6) is 0.0170. The van der Waals surface area contributed by atoms with Gasteiger partial charge in [0.15, 0.2) is 0 Å². The third kappa shape index (κ3) is 4.22. The van der Waals surface area contributed by atoms with Crippen molar-refractivity contribution in [2.75, 3.05) is 0 Å². The zero-order chi connectivity index (χ0) is 11.4. The number of hydrogen-bond acceptors (Lipinski definition) is 1. The predicted molar refractivity (Wildman–Crippen MR) is 66.1 cm³/mol. The van der Waals surface area contributed by atoms with E-state index < -0.39 is 0 Å². The minimum Gasteiger partial charge on any atom is -0.354 e. The highest BCUT2D eigenvalue weighted by molar-refractivity contribution is 9.10. The topological polar surface area (TPSA) is 29.1 Å². The molecule has 0 aromatic heterocycles. The maximum absolute atomic E-state index is 11.5. The Bertz CT molecular complexity index is 366. The van der Waals surface area contributed by atoms with Gasteiger partial charge in [-0.2, -0.15) is 0 Å². The molecule has 0 spiro atoms. The first-order chi connectivity index (χ1) is 6.99. The normalized spacial score (nSPS) is 10.5. The Balaban J connectivity index is 2.65. The lowest BCUT2D eigenvalue weighted by molar-refractivity contribution is -0.120. The van der Waals surface area contributed by atoms with Crippen molar-refractivity contribution < 1.29 is 4.79 Å². The fourth-order valence-electron chi connectivity index (χ4n) is 1.21. The molecule has 0 atom stereocenters. The Morgan fingerprint density at radius 1 is 1.53 bits per heavy atom. The number of carbonyl (C=O) groups is 1. The molecular formula is C11H13BrClNO. The van der Waals surface area contributed by atoms with Gasteiger partial charge in [-0.15, -0.1) is 0 Å². The van der Waals surface area contributed by atoms with E-state index in [1.165, 1.54) is 0 Å². The van der Waals surface area contributed by atoms with E-state index in [1.54, 1.807) is 6.07 Å². The van der Waals surface area contributed by atoms with Crippen molar-refractivity contribution in [1.29, 1.82) is 0 Å². The molecule has 1 amide bonds. The summed E-state index contributed by atoms with van der Waals surface area (Å²) in [7, 11) is 0. The highest BCUT2D eigenvalue weighted by atomic mass is 79.9. The van der Waals surface area contributed by atoms with Crippen LogP contribution in [0.2, 0.25) is 5.02 Å². The Labute approximate surface area is 103 Å². The van der Waals surface area contributed by atoms with Gasteiger partial charge in [0.1, 0.15) is 0 Å². The van der Waals surface area contributed by atoms with E-state index in [9.17, 15) is 4.79 Å². The quantitative estimate of drug-likeness (QED) is 0.910. The van der Waals surface area contributed by atoms with Crippen LogP contribution < -0.4 is 5.32 Å². The number of rotatable bonds is 3. The fourth-order valence-corrected chi connectivity index (χ4v) is 1.66. The molecule has 0 aliphatic heterocycles. The monoisotopic (exact) mass is 289 g/mol. The van der Waals surface area contributed by atoms with E-state index in [4.69, 9.17) is 11.6 Å². The van der Waals surface area contributed by atoms with Gasteiger partial charge in [-0.1, -0.05) is 17.7 Å². The van der Waals surface area contributed by atoms with Gasteiger partial charge in [0.2, 0.25) is 5.91 Å². The maximum atomic E-state index is 11.5. The lowest BCUT2D eigenvalue weighted by Gasteiger charge is -2.08. The molecule has 4 heteroatoms. The molecule has 1 rings (SSSR count). The Morgan fingerprint density at radius 2 is 2.20 bits per heavy atom. The minimum absolute atomic E-state index is 0.0170. The second-order valence-corrected chi connectivity index (χ2v) is 4.91. The molecule has 1 aromatic carbocycles. The van der Waals surface area contributed by atoms with Crippen LogP contribution in [0.25, 0.3) is 0 Å². The molecular weight excluding hydrogens is 277 g/mol. The highest BCUT2D eigenvalue weighted by Gasteiger charge is 2.06. The van der Waals surface area contributed by atoms with Crippen LogP contribution in [-0.4, -0.2) is 11.9 Å². The Hall–Kier alpha value is -0.540. The van der Waals surface area contributed by atoms with Gasteiger partial charge in [0.05, 0.1) is 11.4 Å². The summed E-state index contributed by atoms with van der Waals surface area (Å²) in [5.41, 5.74) is 0.918. The van der Waals surface area contributed by atoms with Gasteiger partial charge in [-0.3, -0.25) is 4.79 Å². The van der Waals surface area contributed by atoms with Crippen LogP contribution in [0.3, 0.4) is 0 Å². The molecule has 0 radical (unpaired) electrons. The van der Waals surface area contributed by atoms with Gasteiger partial charge in [0.25, 0.3) is 0 Å². The van der Waals surface area contributed by atoms with E-state index in [2.05, 4.69) is 21.2 Å². The van der Waals surface area contributed by atoms with Gasteiger partial charge >= 0.3 is 0 Å². The first-order valence-corrected chi connectivity index (χ1v) is 5.89. The summed E-state index contributed by atoms with van der Waals surface area (Å²) in [5, 5.41) is 3.46. The van der Waals surface area contributed by atoms with Gasteiger partial charge in [-0.05, 0) is 47.5 Å². The third-order valence-electron chi connectivity index (χ3n) is 1.80. The van der Waals surface area contributed by atoms with Gasteiger partial charge < -0.3 is 5.32 Å². The van der Waals surface area contributed by atoms with E-state index >= 15 is 0 Å². The summed E-state index contributed by atoms with van der Waals surface area (Å²) >= 11 is 9.23. The maximum Gasteiger partial charge on any atom is 0.224 e. The average molecular weight is 291 g/mol. The molecule has 15 heavy (non-hydrogen) atoms. The van der Waals surface area contributed by atoms with Crippen molar-refractivity contribution in [3.8, 4) is 0 Å². The third-order valence-corrected chi connectivity index (χ3v) is 3.03. The van der Waals surface area contributed by atoms with E-state index in [-0.39, 0.29) is 11.9 Å². The summed E-state index contributed by atoms with van der Waals surface area (Å²) in [4.78, 5) is 11.5. The standard InChI is InChI=1S/C11H13BrClNO/c1-7(2)14-11(15)6-8-3-4-9(12)10(13)5-8/h3-5,7H,6H2,1-2H3,(H,14,15). The zero-order valence-electron chi connectivity index (χ0n) is 8.68. The van der Waals surface area contributed by atoms with Crippen LogP contribution in [0.5, 0.6) is 0 Å². The van der Waals surface area contributed by atoms with Crippen molar-refractivity contribution in [3.05, 3.63) is 33.3 Å². The van der Waals surface area contributed by atoms with Crippen LogP contribution in [0.1, 0.15) is 19.4 Å². The first kappa shape index (κ1) is 12.5. The second kappa shape index (κ2) is 5.52. The number of hydrogen-bond donors (Lipinski definition) is 1. The number of amides is 1. The zero-order valence-corrected chi connectivity index (χ0v) is 11.0. The largest absolute Gasteiger partial charge is 0.354 e. The molecule has 0 saturated carbocycles. The average Bonchev–Trinajstić information content (AvgIpc) is 2.10. The van der Waals surface area contributed by atoms with Crippen molar-refractivity contribution in [2.45, 2.75) is 26.3 Å². The van der Waals surface area contributed by atoms with Gasteiger partial charge in [-0.25, -0.2) is 0 Å². The number of halogens is 2. The highest BCUT2D eigenvalue weighted by Crippen LogP contribution is 2.23. The Morgan fingerprint density at radius 3 is 2.73 bits per heavy atom. The molecule has 0 aliphatic carbocycles. The summed E-state index contributed by atoms with van der Waals surface area (Å²) in [6.45, 7) is 3.87. The predicted octanol–water partition coefficient (Wildman–Crippen LogP) is 3.17. The summed E-state index contributed by atoms with van der Waals surface area (Å²) in [6.07, 6.45) is 0.366. The summed E-state index contributed by atoms with van der Waals surface area (Å²) in [6, 6.07) is 5.70. The second-order valence-electron chi connectivity index (χ2n) is 3.65. The first-order valence-electron chi connectivity index (χ1n) is 4.72. The number of carbonyl (C=O) groups excluding carboxylic acids is 1. The van der Waals surface area contributed by atoms with E-state index in [0.29, 0.717) is 11.4 Å². The van der Waals surface area contributed by atoms with Crippen LogP contribution in [-0.2, 0) is 11.2 Å². The van der Waals surface area contributed by atoms with Crippen LogP contribution in [0, 0.1) is 0 Å². The number of benzene rings is 1.